The number of nitrogens with zero attached hydrogens (tertiary/aromatic N) is 5. The smallest absolute Gasteiger partial charge is 0.509 e. The molecule has 0 unspecified atom stereocenters. The van der Waals surface area contributed by atoms with E-state index in [1.54, 1.807) is 0 Å². The van der Waals surface area contributed by atoms with Gasteiger partial charge in [0.1, 0.15) is 11.6 Å². The summed E-state index contributed by atoms with van der Waals surface area (Å²) in [5, 5.41) is 2.23. The van der Waals surface area contributed by atoms with Gasteiger partial charge in [-0.1, -0.05) is 118 Å². The average molecular weight is 939 g/mol. The summed E-state index contributed by atoms with van der Waals surface area (Å²) in [7, 11) is 0. The van der Waals surface area contributed by atoms with Gasteiger partial charge in [0.2, 0.25) is 0 Å². The van der Waals surface area contributed by atoms with Gasteiger partial charge in [-0.15, -0.1) is 41.3 Å². The molecule has 0 saturated heterocycles. The van der Waals surface area contributed by atoms with Crippen LogP contribution >= 0.6 is 0 Å². The van der Waals surface area contributed by atoms with Crippen molar-refractivity contribution in [3.63, 3.8) is 0 Å². The van der Waals surface area contributed by atoms with Gasteiger partial charge in [0.25, 0.3) is 0 Å². The van der Waals surface area contributed by atoms with Gasteiger partial charge in [-0.3, -0.25) is 0 Å². The van der Waals surface area contributed by atoms with Crippen LogP contribution in [0.4, 0.5) is 22.9 Å². The van der Waals surface area contributed by atoms with Gasteiger partial charge in [0.05, 0.1) is 5.69 Å². The first-order chi connectivity index (χ1) is 27.4. The van der Waals surface area contributed by atoms with Gasteiger partial charge in [0.15, 0.2) is 0 Å². The molecule has 0 bridgehead atoms. The summed E-state index contributed by atoms with van der Waals surface area (Å²) in [5.41, 5.74) is 10.8. The van der Waals surface area contributed by atoms with E-state index in [1.807, 2.05) is 24.5 Å². The largest absolute Gasteiger partial charge is 2.00 e. The maximum Gasteiger partial charge on any atom is 2.00 e. The van der Waals surface area contributed by atoms with Crippen LogP contribution in [0.2, 0.25) is 0 Å². The van der Waals surface area contributed by atoms with E-state index in [9.17, 15) is 0 Å². The van der Waals surface area contributed by atoms with Gasteiger partial charge >= 0.3 is 28.0 Å². The number of aryl methyl sites for hydroxylation is 2. The number of ether oxygens (including phenoxy) is 1. The molecule has 4 heterocycles. The molecule has 8 heteroatoms. The SMILES string of the molecule is Cc1cccc(C)c1B1N(c2ccccc2)c2cccnc2N1c1[c-]c(Oc2[c-]c3c(cc2)c2ccccc2n3-c2cc(C(C)(C)C)ccn2)cc(C(C)(C)C)c1.[Pt+2]. The number of aromatic nitrogens is 3. The zero-order valence-corrected chi connectivity index (χ0v) is 36.5. The van der Waals surface area contributed by atoms with Crippen molar-refractivity contribution < 1.29 is 25.8 Å². The van der Waals surface area contributed by atoms with E-state index < -0.39 is 0 Å². The zero-order valence-electron chi connectivity index (χ0n) is 34.2. The minimum atomic E-state index is -0.229. The summed E-state index contributed by atoms with van der Waals surface area (Å²) in [5.74, 6) is 2.93. The topological polar surface area (TPSA) is 46.4 Å². The summed E-state index contributed by atoms with van der Waals surface area (Å²) in [6.45, 7) is 17.6. The van der Waals surface area contributed by atoms with Gasteiger partial charge in [-0.2, -0.15) is 6.07 Å². The van der Waals surface area contributed by atoms with E-state index in [0.717, 1.165) is 56.1 Å². The number of benzene rings is 5. The Labute approximate surface area is 356 Å². The van der Waals surface area contributed by atoms with Gasteiger partial charge in [0, 0.05) is 35.1 Å². The van der Waals surface area contributed by atoms with Gasteiger partial charge < -0.3 is 18.9 Å². The molecule has 1 aliphatic rings. The third kappa shape index (κ3) is 6.90. The van der Waals surface area contributed by atoms with Crippen molar-refractivity contribution in [2.24, 2.45) is 0 Å². The summed E-state index contributed by atoms with van der Waals surface area (Å²) in [6, 6.07) is 50.0. The molecule has 0 spiro atoms. The Morgan fingerprint density at radius 1 is 0.603 bits per heavy atom. The van der Waals surface area contributed by atoms with Crippen LogP contribution in [0.25, 0.3) is 27.6 Å². The number of hydrogen-bond acceptors (Lipinski definition) is 5. The molecule has 1 aliphatic heterocycles. The van der Waals surface area contributed by atoms with E-state index in [-0.39, 0.29) is 38.9 Å². The predicted octanol–water partition coefficient (Wildman–Crippen LogP) is 11.9. The van der Waals surface area contributed by atoms with E-state index in [1.165, 1.54) is 22.2 Å². The third-order valence-corrected chi connectivity index (χ3v) is 11.2. The summed E-state index contributed by atoms with van der Waals surface area (Å²) < 4.78 is 9.07. The molecule has 6 nitrogen and oxygen atoms in total. The Morgan fingerprint density at radius 3 is 2.07 bits per heavy atom. The summed E-state index contributed by atoms with van der Waals surface area (Å²) >= 11 is 0. The number of hydrogen-bond donors (Lipinski definition) is 0. The third-order valence-electron chi connectivity index (χ3n) is 11.2. The van der Waals surface area contributed by atoms with Crippen LogP contribution in [0.5, 0.6) is 11.5 Å². The fourth-order valence-corrected chi connectivity index (χ4v) is 8.18. The Hall–Kier alpha value is -5.65. The molecule has 0 aliphatic carbocycles. The van der Waals surface area contributed by atoms with Gasteiger partial charge in [-0.05, 0) is 83.6 Å². The van der Waals surface area contributed by atoms with Crippen molar-refractivity contribution in [1.82, 2.24) is 14.5 Å². The first kappa shape index (κ1) is 39.2. The van der Waals surface area contributed by atoms with E-state index in [2.05, 4.69) is 191 Å². The maximum atomic E-state index is 6.87. The molecule has 0 N–H and O–H groups in total. The zero-order chi connectivity index (χ0) is 39.6. The fourth-order valence-electron chi connectivity index (χ4n) is 8.18. The molecule has 0 atom stereocenters. The van der Waals surface area contributed by atoms with Crippen LogP contribution in [0.1, 0.15) is 63.8 Å². The monoisotopic (exact) mass is 938 g/mol. The number of rotatable bonds is 6. The molecule has 0 amide bonds. The number of pyridine rings is 2. The number of para-hydroxylation sites is 2. The quantitative estimate of drug-likeness (QED) is 0.123. The van der Waals surface area contributed by atoms with Crippen molar-refractivity contribution in [2.75, 3.05) is 9.62 Å². The number of fused-ring (bicyclic) bond motifs is 4. The molecular weight excluding hydrogens is 892 g/mol. The van der Waals surface area contributed by atoms with Crippen LogP contribution < -0.4 is 19.8 Å². The van der Waals surface area contributed by atoms with Crippen molar-refractivity contribution in [3.8, 4) is 17.3 Å². The van der Waals surface area contributed by atoms with Crippen LogP contribution in [-0.2, 0) is 31.9 Å². The van der Waals surface area contributed by atoms with E-state index in [0.29, 0.717) is 11.5 Å². The minimum absolute atomic E-state index is 0. The normalized spacial score (nSPS) is 12.9. The van der Waals surface area contributed by atoms with E-state index in [4.69, 9.17) is 14.7 Å². The minimum Gasteiger partial charge on any atom is -0.509 e. The fraction of sp³-hybridized carbons (Fsp3) is 0.200. The van der Waals surface area contributed by atoms with Crippen molar-refractivity contribution in [2.45, 2.75) is 66.2 Å². The Kier molecular flexibility index (Phi) is 10.1. The Morgan fingerprint density at radius 2 is 1.33 bits per heavy atom. The second-order valence-electron chi connectivity index (χ2n) is 17.2. The van der Waals surface area contributed by atoms with Crippen molar-refractivity contribution in [3.05, 3.63) is 168 Å². The molecule has 0 fully saturated rings. The first-order valence-electron chi connectivity index (χ1n) is 19.7. The molecule has 0 saturated carbocycles. The molecule has 0 radical (unpaired) electrons. The summed E-state index contributed by atoms with van der Waals surface area (Å²) in [6.07, 6.45) is 3.78. The summed E-state index contributed by atoms with van der Waals surface area (Å²) in [4.78, 5) is 14.7. The molecule has 5 aromatic carbocycles. The molecular formula is C50H46BN5OPt. The predicted molar refractivity (Wildman–Crippen MR) is 236 cm³/mol. The first-order valence-corrected chi connectivity index (χ1v) is 19.7. The van der Waals surface area contributed by atoms with Crippen molar-refractivity contribution in [1.29, 1.82) is 0 Å². The second-order valence-corrected chi connectivity index (χ2v) is 17.2. The molecule has 3 aromatic heterocycles. The molecule has 290 valence electrons. The van der Waals surface area contributed by atoms with Crippen LogP contribution in [0, 0.1) is 26.0 Å². The van der Waals surface area contributed by atoms with Crippen molar-refractivity contribution >= 4 is 57.1 Å². The molecule has 8 aromatic rings. The molecule has 58 heavy (non-hydrogen) atoms. The Bertz CT molecular complexity index is 2780. The maximum absolute atomic E-state index is 6.87. The number of anilines is 4. The Balaban J connectivity index is 0.00000469. The average Bonchev–Trinajstić information content (AvgIpc) is 3.70. The van der Waals surface area contributed by atoms with Gasteiger partial charge in [-0.25, -0.2) is 9.97 Å². The van der Waals surface area contributed by atoms with E-state index >= 15 is 0 Å². The van der Waals surface area contributed by atoms with Crippen LogP contribution in [0.15, 0.2) is 134 Å². The van der Waals surface area contributed by atoms with Crippen LogP contribution in [0.3, 0.4) is 0 Å². The standard InChI is InChI=1S/C50H46BN5O.Pt/c1-33-16-14-17-34(2)47(33)51-55(37-18-10-9-11-19-37)44-22-15-26-53-48(44)56(51)38-28-36(50(6,7)8)29-40(31-38)57-39-23-24-42-41-20-12-13-21-43(41)54(45(42)32-39)46-30-35(25-27-52-46)49(3,4)5;/h9-30H,1-8H3;/q-2;+2. The second kappa shape index (κ2) is 14.9. The molecule has 9 rings (SSSR count). The van der Waals surface area contributed by atoms with Crippen LogP contribution in [-0.4, -0.2) is 21.5 Å².